The van der Waals surface area contributed by atoms with Gasteiger partial charge in [-0.3, -0.25) is 9.59 Å². The molecule has 0 radical (unpaired) electrons. The van der Waals surface area contributed by atoms with Crippen LogP contribution in [0, 0.1) is 13.8 Å². The summed E-state index contributed by atoms with van der Waals surface area (Å²) >= 11 is 0. The lowest BCUT2D eigenvalue weighted by Gasteiger charge is -2.19. The van der Waals surface area contributed by atoms with E-state index in [1.165, 1.54) is 21.3 Å². The summed E-state index contributed by atoms with van der Waals surface area (Å²) in [7, 11) is 4.53. The molecule has 0 amide bonds. The Balaban J connectivity index is 1.88. The molecule has 0 saturated heterocycles. The topological polar surface area (TPSA) is 71.1 Å². The highest BCUT2D eigenvalue weighted by molar-refractivity contribution is 6.01. The van der Waals surface area contributed by atoms with Crippen molar-refractivity contribution in [3.05, 3.63) is 88.5 Å². The van der Waals surface area contributed by atoms with Gasteiger partial charge in [-0.1, -0.05) is 59.7 Å². The average molecular weight is 449 g/mol. The Labute approximate surface area is 194 Å². The number of ketones is 1. The fourth-order valence-electron chi connectivity index (χ4n) is 3.46. The highest BCUT2D eigenvalue weighted by Gasteiger charge is 2.27. The van der Waals surface area contributed by atoms with Crippen molar-refractivity contribution < 1.29 is 28.5 Å². The molecule has 0 bridgehead atoms. The summed E-state index contributed by atoms with van der Waals surface area (Å²) in [5.74, 6) is 0.479. The molecule has 0 aliphatic heterocycles. The van der Waals surface area contributed by atoms with Crippen LogP contribution >= 0.6 is 0 Å². The average Bonchev–Trinajstić information content (AvgIpc) is 2.82. The van der Waals surface area contributed by atoms with Crippen LogP contribution in [0.4, 0.5) is 0 Å². The van der Waals surface area contributed by atoms with Crippen LogP contribution in [-0.4, -0.2) is 33.1 Å². The predicted octanol–water partition coefficient (Wildman–Crippen LogP) is 5.04. The molecule has 0 aliphatic carbocycles. The first kappa shape index (κ1) is 23.9. The third kappa shape index (κ3) is 5.71. The molecule has 172 valence electrons. The highest BCUT2D eigenvalue weighted by atomic mass is 16.5. The second kappa shape index (κ2) is 10.7. The van der Waals surface area contributed by atoms with Crippen LogP contribution in [0.25, 0.3) is 0 Å². The van der Waals surface area contributed by atoms with Crippen LogP contribution in [-0.2, 0) is 16.0 Å². The second-order valence-electron chi connectivity index (χ2n) is 7.72. The predicted molar refractivity (Wildman–Crippen MR) is 125 cm³/mol. The number of hydrogen-bond acceptors (Lipinski definition) is 6. The Morgan fingerprint density at radius 3 is 1.76 bits per heavy atom. The Morgan fingerprint density at radius 2 is 1.27 bits per heavy atom. The summed E-state index contributed by atoms with van der Waals surface area (Å²) in [6.45, 7) is 3.90. The fraction of sp³-hybridized carbons (Fsp3) is 0.259. The van der Waals surface area contributed by atoms with E-state index >= 15 is 0 Å². The number of esters is 1. The maximum Gasteiger partial charge on any atom is 0.311 e. The lowest BCUT2D eigenvalue weighted by molar-refractivity contribution is -0.146. The van der Waals surface area contributed by atoms with E-state index in [1.54, 1.807) is 36.4 Å². The summed E-state index contributed by atoms with van der Waals surface area (Å²) in [6, 6.07) is 18.0. The van der Waals surface area contributed by atoms with Gasteiger partial charge in [0, 0.05) is 11.1 Å². The minimum atomic E-state index is -1.05. The SMILES string of the molecule is COc1cc(CC(=O)O[C@@H](C(=O)c2ccc(C)cc2)c2ccc(C)cc2)cc(OC)c1OC. The molecular weight excluding hydrogens is 420 g/mol. The Kier molecular flexibility index (Phi) is 7.72. The molecule has 0 spiro atoms. The summed E-state index contributed by atoms with van der Waals surface area (Å²) in [4.78, 5) is 26.2. The van der Waals surface area contributed by atoms with E-state index in [2.05, 4.69) is 0 Å². The monoisotopic (exact) mass is 448 g/mol. The lowest BCUT2D eigenvalue weighted by atomic mass is 9.98. The van der Waals surface area contributed by atoms with Crippen LogP contribution in [0.3, 0.4) is 0 Å². The molecule has 33 heavy (non-hydrogen) atoms. The minimum Gasteiger partial charge on any atom is -0.493 e. The van der Waals surface area contributed by atoms with Gasteiger partial charge in [0.2, 0.25) is 11.5 Å². The van der Waals surface area contributed by atoms with E-state index in [0.717, 1.165) is 11.1 Å². The zero-order valence-electron chi connectivity index (χ0n) is 19.5. The fourth-order valence-corrected chi connectivity index (χ4v) is 3.46. The molecule has 0 aromatic heterocycles. The van der Waals surface area contributed by atoms with Gasteiger partial charge in [-0.05, 0) is 31.5 Å². The summed E-state index contributed by atoms with van der Waals surface area (Å²) in [6.07, 6.45) is -1.12. The molecule has 0 aliphatic rings. The Morgan fingerprint density at radius 1 is 0.758 bits per heavy atom. The number of carbonyl (C=O) groups excluding carboxylic acids is 2. The first-order chi connectivity index (χ1) is 15.9. The van der Waals surface area contributed by atoms with Crippen LogP contribution < -0.4 is 14.2 Å². The molecule has 3 aromatic carbocycles. The first-order valence-corrected chi connectivity index (χ1v) is 10.5. The van der Waals surface area contributed by atoms with Crippen molar-refractivity contribution >= 4 is 11.8 Å². The normalized spacial score (nSPS) is 11.4. The van der Waals surface area contributed by atoms with Gasteiger partial charge in [-0.2, -0.15) is 0 Å². The van der Waals surface area contributed by atoms with Crippen molar-refractivity contribution in [2.45, 2.75) is 26.4 Å². The van der Waals surface area contributed by atoms with Gasteiger partial charge in [-0.25, -0.2) is 0 Å². The van der Waals surface area contributed by atoms with Crippen molar-refractivity contribution in [2.75, 3.05) is 21.3 Å². The van der Waals surface area contributed by atoms with Gasteiger partial charge < -0.3 is 18.9 Å². The van der Waals surface area contributed by atoms with E-state index in [0.29, 0.717) is 33.9 Å². The van der Waals surface area contributed by atoms with Gasteiger partial charge in [-0.15, -0.1) is 0 Å². The second-order valence-corrected chi connectivity index (χ2v) is 7.72. The first-order valence-electron chi connectivity index (χ1n) is 10.5. The van der Waals surface area contributed by atoms with Crippen molar-refractivity contribution in [2.24, 2.45) is 0 Å². The molecule has 0 N–H and O–H groups in total. The van der Waals surface area contributed by atoms with Crippen molar-refractivity contribution in [3.8, 4) is 17.2 Å². The molecule has 6 heteroatoms. The third-order valence-electron chi connectivity index (χ3n) is 5.28. The van der Waals surface area contributed by atoms with Crippen LogP contribution in [0.5, 0.6) is 17.2 Å². The maximum absolute atomic E-state index is 13.3. The molecule has 0 saturated carbocycles. The quantitative estimate of drug-likeness (QED) is 0.337. The zero-order chi connectivity index (χ0) is 24.0. The van der Waals surface area contributed by atoms with E-state index in [1.807, 2.05) is 38.1 Å². The highest BCUT2D eigenvalue weighted by Crippen LogP contribution is 2.38. The molecule has 0 fully saturated rings. The number of benzene rings is 3. The van der Waals surface area contributed by atoms with Crippen molar-refractivity contribution in [1.29, 1.82) is 0 Å². The maximum atomic E-state index is 13.3. The van der Waals surface area contributed by atoms with Gasteiger partial charge >= 0.3 is 5.97 Å². The number of carbonyl (C=O) groups is 2. The zero-order valence-corrected chi connectivity index (χ0v) is 19.5. The molecule has 0 heterocycles. The molecule has 3 aromatic rings. The largest absolute Gasteiger partial charge is 0.493 e. The summed E-state index contributed by atoms with van der Waals surface area (Å²) in [5.41, 5.74) is 3.79. The van der Waals surface area contributed by atoms with E-state index in [4.69, 9.17) is 18.9 Å². The summed E-state index contributed by atoms with van der Waals surface area (Å²) < 4.78 is 21.8. The number of Topliss-reactive ketones (excluding diaryl/α,β-unsaturated/α-hetero) is 1. The number of ether oxygens (including phenoxy) is 4. The molecular formula is C27H28O6. The van der Waals surface area contributed by atoms with Crippen LogP contribution in [0.1, 0.15) is 38.7 Å². The Hall–Kier alpha value is -3.80. The van der Waals surface area contributed by atoms with Crippen molar-refractivity contribution in [1.82, 2.24) is 0 Å². The lowest BCUT2D eigenvalue weighted by Crippen LogP contribution is -2.21. The number of aryl methyl sites for hydroxylation is 2. The van der Waals surface area contributed by atoms with E-state index in [-0.39, 0.29) is 12.2 Å². The van der Waals surface area contributed by atoms with Gasteiger partial charge in [0.15, 0.2) is 17.6 Å². The van der Waals surface area contributed by atoms with Crippen LogP contribution in [0.2, 0.25) is 0 Å². The van der Waals surface area contributed by atoms with E-state index < -0.39 is 12.1 Å². The molecule has 3 rings (SSSR count). The number of hydrogen-bond donors (Lipinski definition) is 0. The Bertz CT molecular complexity index is 1090. The van der Waals surface area contributed by atoms with Gasteiger partial charge in [0.05, 0.1) is 27.8 Å². The third-order valence-corrected chi connectivity index (χ3v) is 5.28. The number of rotatable bonds is 9. The molecule has 0 unspecified atom stereocenters. The smallest absolute Gasteiger partial charge is 0.311 e. The van der Waals surface area contributed by atoms with Crippen molar-refractivity contribution in [3.63, 3.8) is 0 Å². The number of methoxy groups -OCH3 is 3. The van der Waals surface area contributed by atoms with E-state index in [9.17, 15) is 9.59 Å². The standard InChI is InChI=1S/C27H28O6/c1-17-6-10-20(11-7-17)25(29)26(21-12-8-18(2)9-13-21)33-24(28)16-19-14-22(30-3)27(32-5)23(15-19)31-4/h6-15,26H,16H2,1-5H3/t26-/m1/s1. The van der Waals surface area contributed by atoms with Gasteiger partial charge in [0.25, 0.3) is 0 Å². The summed E-state index contributed by atoms with van der Waals surface area (Å²) in [5, 5.41) is 0. The minimum absolute atomic E-state index is 0.0692. The molecule has 1 atom stereocenters. The van der Waals surface area contributed by atoms with Gasteiger partial charge in [0.1, 0.15) is 0 Å². The van der Waals surface area contributed by atoms with Crippen LogP contribution in [0.15, 0.2) is 60.7 Å². The molecule has 6 nitrogen and oxygen atoms in total.